The average Bonchev–Trinajstić information content (AvgIpc) is 2.86. The quantitative estimate of drug-likeness (QED) is 0.473. The van der Waals surface area contributed by atoms with Crippen LogP contribution in [-0.4, -0.2) is 75.3 Å². The molecule has 0 bridgehead atoms. The normalized spacial score (nSPS) is 15.4. The molecular formula is C27H38ClN3O3. The third kappa shape index (κ3) is 6.95. The summed E-state index contributed by atoms with van der Waals surface area (Å²) in [6.07, 6.45) is 0.958. The maximum absolute atomic E-state index is 12.8. The Morgan fingerprint density at radius 3 is 2.38 bits per heavy atom. The number of benzene rings is 2. The second-order valence-electron chi connectivity index (χ2n) is 8.86. The fourth-order valence-corrected chi connectivity index (χ4v) is 4.51. The van der Waals surface area contributed by atoms with Crippen molar-refractivity contribution in [3.05, 3.63) is 63.7 Å². The molecular weight excluding hydrogens is 450 g/mol. The molecule has 1 fully saturated rings. The summed E-state index contributed by atoms with van der Waals surface area (Å²) in [6, 6.07) is 11.7. The molecule has 6 nitrogen and oxygen atoms in total. The smallest absolute Gasteiger partial charge is 0.253 e. The number of rotatable bonds is 11. The van der Waals surface area contributed by atoms with Gasteiger partial charge in [0.1, 0.15) is 5.75 Å². The first-order valence-electron chi connectivity index (χ1n) is 12.1. The number of piperazine rings is 1. The molecule has 0 spiro atoms. The number of hydrogen-bond donors (Lipinski definition) is 1. The molecule has 1 atom stereocenters. The number of carbonyl (C=O) groups is 1. The number of halogens is 1. The fourth-order valence-electron chi connectivity index (χ4n) is 4.39. The van der Waals surface area contributed by atoms with Crippen LogP contribution in [0, 0.1) is 13.8 Å². The van der Waals surface area contributed by atoms with Crippen molar-refractivity contribution in [1.82, 2.24) is 15.1 Å². The lowest BCUT2D eigenvalue weighted by Gasteiger charge is -2.39. The summed E-state index contributed by atoms with van der Waals surface area (Å²) in [6.45, 7) is 12.9. The first kappa shape index (κ1) is 26.5. The Morgan fingerprint density at radius 2 is 1.71 bits per heavy atom. The highest BCUT2D eigenvalue weighted by molar-refractivity contribution is 6.30. The summed E-state index contributed by atoms with van der Waals surface area (Å²) in [4.78, 5) is 17.2. The molecule has 186 valence electrons. The molecule has 7 heteroatoms. The van der Waals surface area contributed by atoms with E-state index in [1.807, 2.05) is 4.90 Å². The lowest BCUT2D eigenvalue weighted by Crippen LogP contribution is -2.49. The van der Waals surface area contributed by atoms with Crippen molar-refractivity contribution in [2.45, 2.75) is 33.2 Å². The Bertz CT molecular complexity index is 927. The zero-order valence-electron chi connectivity index (χ0n) is 20.9. The van der Waals surface area contributed by atoms with E-state index in [9.17, 15) is 4.79 Å². The first-order chi connectivity index (χ1) is 16.4. The van der Waals surface area contributed by atoms with Gasteiger partial charge in [0.2, 0.25) is 0 Å². The topological polar surface area (TPSA) is 54.0 Å². The second kappa shape index (κ2) is 13.1. The summed E-state index contributed by atoms with van der Waals surface area (Å²) in [7, 11) is 1.71. The van der Waals surface area contributed by atoms with Crippen molar-refractivity contribution in [3.8, 4) is 5.75 Å². The van der Waals surface area contributed by atoms with Gasteiger partial charge in [-0.25, -0.2) is 0 Å². The number of nitrogens with zero attached hydrogens (tertiary/aromatic N) is 2. The number of ether oxygens (including phenoxy) is 2. The molecule has 34 heavy (non-hydrogen) atoms. The van der Waals surface area contributed by atoms with Crippen LogP contribution in [0.2, 0.25) is 5.02 Å². The lowest BCUT2D eigenvalue weighted by atomic mass is 9.96. The van der Waals surface area contributed by atoms with Gasteiger partial charge in [-0.3, -0.25) is 9.69 Å². The van der Waals surface area contributed by atoms with Crippen LogP contribution in [0.25, 0.3) is 0 Å². The van der Waals surface area contributed by atoms with Gasteiger partial charge in [0.25, 0.3) is 5.91 Å². The lowest BCUT2D eigenvalue weighted by molar-refractivity contribution is 0.0581. The number of nitrogens with one attached hydrogen (secondary N) is 1. The minimum Gasteiger partial charge on any atom is -0.493 e. The van der Waals surface area contributed by atoms with Gasteiger partial charge in [-0.15, -0.1) is 0 Å². The molecule has 2 aromatic carbocycles. The van der Waals surface area contributed by atoms with Crippen LogP contribution in [0.5, 0.6) is 5.75 Å². The number of methoxy groups -OCH3 is 1. The largest absolute Gasteiger partial charge is 0.493 e. The minimum absolute atomic E-state index is 0.0754. The molecule has 0 aromatic heterocycles. The summed E-state index contributed by atoms with van der Waals surface area (Å²) in [5.74, 6) is 1.04. The van der Waals surface area contributed by atoms with Crippen LogP contribution in [0.3, 0.4) is 0 Å². The van der Waals surface area contributed by atoms with E-state index in [4.69, 9.17) is 21.1 Å². The number of amides is 1. The van der Waals surface area contributed by atoms with E-state index in [2.05, 4.69) is 43.1 Å². The standard InChI is InChI=1S/C27H38ClN3O3/c1-20-21(2)26(34-18-5-12-29-13-19-33-4)11-10-25(20)22(3)30-14-16-31(17-15-30)27(32)23-6-8-24(28)9-7-23/h6-11,22,29H,5,12-19H2,1-4H3/t22-/m1/s1. The molecule has 2 aromatic rings. The summed E-state index contributed by atoms with van der Waals surface area (Å²) >= 11 is 5.95. The minimum atomic E-state index is 0.0754. The van der Waals surface area contributed by atoms with Crippen LogP contribution in [0.15, 0.2) is 36.4 Å². The van der Waals surface area contributed by atoms with Gasteiger partial charge < -0.3 is 19.7 Å². The van der Waals surface area contributed by atoms with Crippen LogP contribution >= 0.6 is 11.6 Å². The average molecular weight is 488 g/mol. The van der Waals surface area contributed by atoms with Crippen molar-refractivity contribution in [3.63, 3.8) is 0 Å². The molecule has 1 heterocycles. The van der Waals surface area contributed by atoms with Gasteiger partial charge in [0, 0.05) is 56.5 Å². The van der Waals surface area contributed by atoms with Crippen LogP contribution in [0.1, 0.15) is 46.4 Å². The van der Waals surface area contributed by atoms with E-state index in [1.54, 1.807) is 31.4 Å². The van der Waals surface area contributed by atoms with E-state index in [0.29, 0.717) is 17.2 Å². The zero-order valence-corrected chi connectivity index (χ0v) is 21.7. The van der Waals surface area contributed by atoms with Crippen LogP contribution < -0.4 is 10.1 Å². The maximum atomic E-state index is 12.8. The third-order valence-electron chi connectivity index (χ3n) is 6.71. The van der Waals surface area contributed by atoms with E-state index in [0.717, 1.165) is 58.0 Å². The Hall–Kier alpha value is -2.12. The zero-order chi connectivity index (χ0) is 24.5. The maximum Gasteiger partial charge on any atom is 0.253 e. The molecule has 0 radical (unpaired) electrons. The molecule has 1 aliphatic heterocycles. The molecule has 0 saturated carbocycles. The van der Waals surface area contributed by atoms with Crippen molar-refractivity contribution >= 4 is 17.5 Å². The fraction of sp³-hybridized carbons (Fsp3) is 0.519. The summed E-state index contributed by atoms with van der Waals surface area (Å²) in [5, 5.41) is 3.99. The van der Waals surface area contributed by atoms with Crippen molar-refractivity contribution in [1.29, 1.82) is 0 Å². The highest BCUT2D eigenvalue weighted by atomic mass is 35.5. The monoisotopic (exact) mass is 487 g/mol. The van der Waals surface area contributed by atoms with Gasteiger partial charge in [0.15, 0.2) is 0 Å². The van der Waals surface area contributed by atoms with Crippen LogP contribution in [0.4, 0.5) is 0 Å². The molecule has 3 rings (SSSR count). The van der Waals surface area contributed by atoms with Gasteiger partial charge >= 0.3 is 0 Å². The van der Waals surface area contributed by atoms with Gasteiger partial charge in [0.05, 0.1) is 13.2 Å². The molecule has 1 aliphatic rings. The molecule has 1 amide bonds. The van der Waals surface area contributed by atoms with E-state index in [1.165, 1.54) is 16.7 Å². The Labute approximate surface area is 209 Å². The first-order valence-corrected chi connectivity index (χ1v) is 12.5. The van der Waals surface area contributed by atoms with E-state index in [-0.39, 0.29) is 11.9 Å². The highest BCUT2D eigenvalue weighted by Gasteiger charge is 2.26. The molecule has 0 unspecified atom stereocenters. The molecule has 1 N–H and O–H groups in total. The Balaban J connectivity index is 1.51. The molecule has 0 aliphatic carbocycles. The van der Waals surface area contributed by atoms with E-state index >= 15 is 0 Å². The van der Waals surface area contributed by atoms with Crippen molar-refractivity contribution in [2.75, 3.05) is 59.6 Å². The number of hydrogen-bond acceptors (Lipinski definition) is 5. The van der Waals surface area contributed by atoms with E-state index < -0.39 is 0 Å². The predicted octanol–water partition coefficient (Wildman–Crippen LogP) is 4.48. The number of carbonyl (C=O) groups excluding carboxylic acids is 1. The van der Waals surface area contributed by atoms with Gasteiger partial charge in [-0.1, -0.05) is 17.7 Å². The summed E-state index contributed by atoms with van der Waals surface area (Å²) < 4.78 is 11.1. The highest BCUT2D eigenvalue weighted by Crippen LogP contribution is 2.31. The third-order valence-corrected chi connectivity index (χ3v) is 6.96. The summed E-state index contributed by atoms with van der Waals surface area (Å²) in [5.41, 5.74) is 4.50. The van der Waals surface area contributed by atoms with Gasteiger partial charge in [-0.05, 0) is 80.8 Å². The Morgan fingerprint density at radius 1 is 1.00 bits per heavy atom. The Kier molecular flexibility index (Phi) is 10.2. The SMILES string of the molecule is COCCNCCCOc1ccc([C@@H](C)N2CCN(C(=O)c3ccc(Cl)cc3)CC2)c(C)c1C. The van der Waals surface area contributed by atoms with Crippen molar-refractivity contribution < 1.29 is 14.3 Å². The second-order valence-corrected chi connectivity index (χ2v) is 9.30. The molecule has 1 saturated heterocycles. The predicted molar refractivity (Wildman–Crippen MR) is 138 cm³/mol. The van der Waals surface area contributed by atoms with Gasteiger partial charge in [-0.2, -0.15) is 0 Å². The van der Waals surface area contributed by atoms with Crippen LogP contribution in [-0.2, 0) is 4.74 Å². The van der Waals surface area contributed by atoms with Crippen molar-refractivity contribution in [2.24, 2.45) is 0 Å².